The minimum atomic E-state index is -0.528. The highest BCUT2D eigenvalue weighted by atomic mass is 79.9. The summed E-state index contributed by atoms with van der Waals surface area (Å²) in [4.78, 5) is 31.7. The van der Waals surface area contributed by atoms with Gasteiger partial charge < -0.3 is 10.1 Å². The van der Waals surface area contributed by atoms with Gasteiger partial charge in [0.25, 0.3) is 5.91 Å². The number of aromatic nitrogens is 2. The Morgan fingerprint density at radius 2 is 2.24 bits per heavy atom. The third-order valence-electron chi connectivity index (χ3n) is 2.46. The number of halogens is 1. The second kappa shape index (κ2) is 6.77. The Labute approximate surface area is 133 Å². The molecule has 0 aliphatic heterocycles. The summed E-state index contributed by atoms with van der Waals surface area (Å²) in [5.74, 6) is -0.492. The molecule has 1 N–H and O–H groups in total. The maximum atomic E-state index is 12.1. The van der Waals surface area contributed by atoms with Crippen LogP contribution in [0, 0.1) is 6.92 Å². The molecular weight excluding hydrogens is 358 g/mol. The van der Waals surface area contributed by atoms with E-state index in [4.69, 9.17) is 4.74 Å². The fraction of sp³-hybridized carbons (Fsp3) is 0.231. The Morgan fingerprint density at radius 3 is 2.90 bits per heavy atom. The van der Waals surface area contributed by atoms with Gasteiger partial charge in [0.05, 0.1) is 6.61 Å². The van der Waals surface area contributed by atoms with Crippen molar-refractivity contribution in [3.8, 4) is 0 Å². The number of carbonyl (C=O) groups excluding carboxylic acids is 2. The summed E-state index contributed by atoms with van der Waals surface area (Å²) < 4.78 is 5.66. The van der Waals surface area contributed by atoms with Crippen LogP contribution in [-0.4, -0.2) is 28.5 Å². The zero-order valence-corrected chi connectivity index (χ0v) is 13.7. The van der Waals surface area contributed by atoms with Crippen molar-refractivity contribution >= 4 is 45.0 Å². The van der Waals surface area contributed by atoms with Gasteiger partial charge in [-0.2, -0.15) is 0 Å². The Kier molecular flexibility index (Phi) is 5.03. The lowest BCUT2D eigenvalue weighted by molar-refractivity contribution is 0.0526. The third-order valence-corrected chi connectivity index (χ3v) is 3.72. The van der Waals surface area contributed by atoms with E-state index in [1.165, 1.54) is 5.38 Å². The summed E-state index contributed by atoms with van der Waals surface area (Å²) in [6.07, 6.45) is 1.59. The summed E-state index contributed by atoms with van der Waals surface area (Å²) in [5.41, 5.74) is 0.978. The van der Waals surface area contributed by atoms with Crippen LogP contribution in [0.15, 0.2) is 22.1 Å². The van der Waals surface area contributed by atoms with E-state index in [1.807, 2.05) is 13.0 Å². The van der Waals surface area contributed by atoms with Crippen molar-refractivity contribution in [2.75, 3.05) is 11.9 Å². The number of pyridine rings is 1. The van der Waals surface area contributed by atoms with E-state index >= 15 is 0 Å². The van der Waals surface area contributed by atoms with Crippen molar-refractivity contribution in [2.45, 2.75) is 13.8 Å². The molecule has 2 aromatic rings. The molecule has 2 heterocycles. The van der Waals surface area contributed by atoms with Gasteiger partial charge in [0, 0.05) is 16.0 Å². The molecule has 0 saturated heterocycles. The first kappa shape index (κ1) is 15.6. The van der Waals surface area contributed by atoms with E-state index in [1.54, 1.807) is 13.1 Å². The van der Waals surface area contributed by atoms with Gasteiger partial charge in [-0.1, -0.05) is 0 Å². The first-order chi connectivity index (χ1) is 10.0. The average molecular weight is 370 g/mol. The molecule has 2 rings (SSSR count). The summed E-state index contributed by atoms with van der Waals surface area (Å²) in [5, 5.41) is 4.32. The van der Waals surface area contributed by atoms with Gasteiger partial charge >= 0.3 is 5.97 Å². The molecular formula is C13H12BrN3O3S. The van der Waals surface area contributed by atoms with Gasteiger partial charge in [-0.05, 0) is 41.4 Å². The number of nitrogens with one attached hydrogen (secondary N) is 1. The molecule has 0 fully saturated rings. The van der Waals surface area contributed by atoms with Crippen LogP contribution in [0.2, 0.25) is 0 Å². The predicted molar refractivity (Wildman–Crippen MR) is 82.7 cm³/mol. The maximum absolute atomic E-state index is 12.1. The smallest absolute Gasteiger partial charge is 0.367 e. The number of hydrogen-bond acceptors (Lipinski definition) is 6. The topological polar surface area (TPSA) is 81.2 Å². The zero-order valence-electron chi connectivity index (χ0n) is 11.3. The summed E-state index contributed by atoms with van der Waals surface area (Å²) in [6.45, 7) is 3.81. The molecule has 110 valence electrons. The van der Waals surface area contributed by atoms with E-state index in [-0.39, 0.29) is 17.3 Å². The fourth-order valence-corrected chi connectivity index (χ4v) is 2.64. The van der Waals surface area contributed by atoms with Crippen molar-refractivity contribution in [3.63, 3.8) is 0 Å². The molecule has 21 heavy (non-hydrogen) atoms. The van der Waals surface area contributed by atoms with Crippen molar-refractivity contribution in [1.82, 2.24) is 9.97 Å². The highest BCUT2D eigenvalue weighted by molar-refractivity contribution is 9.10. The number of nitrogens with zero attached hydrogens (tertiary/aromatic N) is 2. The van der Waals surface area contributed by atoms with E-state index in [0.717, 1.165) is 21.4 Å². The van der Waals surface area contributed by atoms with Crippen LogP contribution in [-0.2, 0) is 4.74 Å². The Balaban J connectivity index is 2.12. The molecule has 6 nitrogen and oxygen atoms in total. The highest BCUT2D eigenvalue weighted by Gasteiger charge is 2.17. The fourth-order valence-electron chi connectivity index (χ4n) is 1.51. The number of carbonyl (C=O) groups is 2. The summed E-state index contributed by atoms with van der Waals surface area (Å²) >= 11 is 4.37. The van der Waals surface area contributed by atoms with Gasteiger partial charge in [-0.25, -0.2) is 14.8 Å². The number of rotatable bonds is 4. The van der Waals surface area contributed by atoms with Gasteiger partial charge in [0.15, 0.2) is 0 Å². The lowest BCUT2D eigenvalue weighted by Gasteiger charge is -2.05. The minimum Gasteiger partial charge on any atom is -0.461 e. The predicted octanol–water partition coefficient (Wildman–Crippen LogP) is 3.04. The molecule has 0 saturated carbocycles. The lowest BCUT2D eigenvalue weighted by Crippen LogP contribution is -2.15. The number of amides is 1. The van der Waals surface area contributed by atoms with E-state index in [0.29, 0.717) is 5.82 Å². The highest BCUT2D eigenvalue weighted by Crippen LogP contribution is 2.18. The Bertz CT molecular complexity index is 687. The first-order valence-corrected chi connectivity index (χ1v) is 7.74. The number of hydrogen-bond donors (Lipinski definition) is 1. The monoisotopic (exact) mass is 369 g/mol. The standard InChI is InChI=1S/C13H12BrN3O3S/c1-3-20-13(19)12-16-9(6-21-12)11(18)17-10-7(2)4-8(14)5-15-10/h4-6H,3H2,1-2H3,(H,15,17,18). The van der Waals surface area contributed by atoms with Gasteiger partial charge in [0.1, 0.15) is 11.5 Å². The van der Waals surface area contributed by atoms with Crippen molar-refractivity contribution in [3.05, 3.63) is 38.4 Å². The number of esters is 1. The molecule has 0 aromatic carbocycles. The van der Waals surface area contributed by atoms with E-state index in [9.17, 15) is 9.59 Å². The molecule has 0 aliphatic carbocycles. The minimum absolute atomic E-state index is 0.155. The third kappa shape index (κ3) is 3.85. The molecule has 0 unspecified atom stereocenters. The van der Waals surface area contributed by atoms with Gasteiger partial charge in [-0.15, -0.1) is 11.3 Å². The zero-order chi connectivity index (χ0) is 15.4. The van der Waals surface area contributed by atoms with Crippen LogP contribution in [0.1, 0.15) is 32.8 Å². The van der Waals surface area contributed by atoms with Crippen molar-refractivity contribution in [1.29, 1.82) is 0 Å². The largest absolute Gasteiger partial charge is 0.461 e. The van der Waals surface area contributed by atoms with Crippen molar-refractivity contribution < 1.29 is 14.3 Å². The average Bonchev–Trinajstić information content (AvgIpc) is 2.92. The van der Waals surface area contributed by atoms with Crippen LogP contribution < -0.4 is 5.32 Å². The van der Waals surface area contributed by atoms with Gasteiger partial charge in [-0.3, -0.25) is 4.79 Å². The molecule has 2 aromatic heterocycles. The second-order valence-corrected chi connectivity index (χ2v) is 5.81. The maximum Gasteiger partial charge on any atom is 0.367 e. The lowest BCUT2D eigenvalue weighted by atomic mass is 10.3. The van der Waals surface area contributed by atoms with Crippen molar-refractivity contribution in [2.24, 2.45) is 0 Å². The van der Waals surface area contributed by atoms with Crippen LogP contribution in [0.4, 0.5) is 5.82 Å². The van der Waals surface area contributed by atoms with Crippen LogP contribution in [0.25, 0.3) is 0 Å². The second-order valence-electron chi connectivity index (χ2n) is 4.03. The quantitative estimate of drug-likeness (QED) is 0.837. The Morgan fingerprint density at radius 1 is 1.48 bits per heavy atom. The van der Waals surface area contributed by atoms with E-state index < -0.39 is 11.9 Å². The molecule has 1 amide bonds. The summed E-state index contributed by atoms with van der Waals surface area (Å²) in [7, 11) is 0. The SMILES string of the molecule is CCOC(=O)c1nc(C(=O)Nc2ncc(Br)cc2C)cs1. The molecule has 0 spiro atoms. The molecule has 0 bridgehead atoms. The Hall–Kier alpha value is -1.80. The molecule has 8 heteroatoms. The van der Waals surface area contributed by atoms with Crippen LogP contribution in [0.5, 0.6) is 0 Å². The number of thiazole rings is 1. The first-order valence-electron chi connectivity index (χ1n) is 6.07. The van der Waals surface area contributed by atoms with Crippen LogP contribution in [0.3, 0.4) is 0 Å². The van der Waals surface area contributed by atoms with Gasteiger partial charge in [0.2, 0.25) is 5.01 Å². The molecule has 0 atom stereocenters. The van der Waals surface area contributed by atoms with E-state index in [2.05, 4.69) is 31.2 Å². The number of ether oxygens (including phenoxy) is 1. The summed E-state index contributed by atoms with van der Waals surface area (Å²) in [6, 6.07) is 1.84. The normalized spacial score (nSPS) is 10.2. The molecule has 0 radical (unpaired) electrons. The van der Waals surface area contributed by atoms with Crippen LogP contribution >= 0.6 is 27.3 Å². The molecule has 0 aliphatic rings. The number of aryl methyl sites for hydroxylation is 1. The number of anilines is 1.